The summed E-state index contributed by atoms with van der Waals surface area (Å²) in [5.74, 6) is 0. The molecule has 2 aliphatic rings. The molecule has 112 valence electrons. The lowest BCUT2D eigenvalue weighted by Crippen LogP contribution is -2.58. The summed E-state index contributed by atoms with van der Waals surface area (Å²) in [6.45, 7) is 3.35. The summed E-state index contributed by atoms with van der Waals surface area (Å²) >= 11 is 0. The van der Waals surface area contributed by atoms with Gasteiger partial charge in [-0.3, -0.25) is 9.80 Å². The Labute approximate surface area is 112 Å². The zero-order valence-corrected chi connectivity index (χ0v) is 11.4. The van der Waals surface area contributed by atoms with E-state index in [0.717, 1.165) is 25.7 Å². The lowest BCUT2D eigenvalue weighted by molar-refractivity contribution is -0.184. The Bertz CT molecular complexity index is 290. The third-order valence-corrected chi connectivity index (χ3v) is 4.53. The summed E-state index contributed by atoms with van der Waals surface area (Å²) in [6, 6.07) is -1.22. The number of alkyl halides is 3. The lowest BCUT2D eigenvalue weighted by atomic mass is 9.91. The first-order valence-corrected chi connectivity index (χ1v) is 7.12. The van der Waals surface area contributed by atoms with Crippen molar-refractivity contribution in [2.24, 2.45) is 0 Å². The van der Waals surface area contributed by atoms with Crippen molar-refractivity contribution in [3.8, 4) is 0 Å². The Morgan fingerprint density at radius 1 is 1.05 bits per heavy atom. The Hall–Kier alpha value is -0.330. The highest BCUT2D eigenvalue weighted by Gasteiger charge is 2.41. The van der Waals surface area contributed by atoms with Crippen molar-refractivity contribution in [3.05, 3.63) is 0 Å². The van der Waals surface area contributed by atoms with Crippen LogP contribution in [0, 0.1) is 0 Å². The van der Waals surface area contributed by atoms with Crippen LogP contribution in [0.4, 0.5) is 13.2 Å². The Morgan fingerprint density at radius 2 is 1.63 bits per heavy atom. The zero-order chi connectivity index (χ0) is 14.0. The molecule has 1 N–H and O–H groups in total. The molecule has 0 aromatic carbocycles. The molecule has 1 saturated carbocycles. The van der Waals surface area contributed by atoms with Gasteiger partial charge in [-0.15, -0.1) is 0 Å². The molecule has 0 bridgehead atoms. The quantitative estimate of drug-likeness (QED) is 0.836. The Balaban J connectivity index is 1.85. The molecule has 3 atom stereocenters. The molecule has 0 radical (unpaired) electrons. The van der Waals surface area contributed by atoms with E-state index in [2.05, 4.69) is 4.90 Å². The number of aliphatic hydroxyl groups is 1. The van der Waals surface area contributed by atoms with Crippen LogP contribution in [0.15, 0.2) is 0 Å². The maximum Gasteiger partial charge on any atom is 0.403 e. The van der Waals surface area contributed by atoms with Gasteiger partial charge >= 0.3 is 6.18 Å². The predicted octanol–water partition coefficient (Wildman–Crippen LogP) is 1.86. The van der Waals surface area contributed by atoms with Gasteiger partial charge in [-0.2, -0.15) is 13.2 Å². The number of rotatable bonds is 2. The molecule has 0 aromatic heterocycles. The first-order chi connectivity index (χ1) is 8.89. The molecule has 19 heavy (non-hydrogen) atoms. The molecule has 6 heteroatoms. The molecule has 2 rings (SSSR count). The summed E-state index contributed by atoms with van der Waals surface area (Å²) in [5, 5.41) is 9.99. The van der Waals surface area contributed by atoms with Gasteiger partial charge in [0.15, 0.2) is 0 Å². The maximum atomic E-state index is 12.7. The number of halogens is 3. The standard InChI is InChI=1S/C13H23F3N2O/c1-10(13(14,15)16)17-6-8-18(9-7-17)11-4-2-3-5-12(11)19/h10-12,19H,2-9H2,1H3/t10-,11-,12-/m0/s1. The highest BCUT2D eigenvalue weighted by Crippen LogP contribution is 2.27. The van der Waals surface area contributed by atoms with Gasteiger partial charge in [-0.25, -0.2) is 0 Å². The fraction of sp³-hybridized carbons (Fsp3) is 1.00. The van der Waals surface area contributed by atoms with Gasteiger partial charge in [-0.05, 0) is 19.8 Å². The van der Waals surface area contributed by atoms with E-state index >= 15 is 0 Å². The average molecular weight is 280 g/mol. The monoisotopic (exact) mass is 280 g/mol. The lowest BCUT2D eigenvalue weighted by Gasteiger charge is -2.44. The average Bonchev–Trinajstić information content (AvgIpc) is 2.38. The van der Waals surface area contributed by atoms with E-state index in [-0.39, 0.29) is 12.1 Å². The van der Waals surface area contributed by atoms with Crippen LogP contribution in [-0.2, 0) is 0 Å². The Morgan fingerprint density at radius 3 is 2.16 bits per heavy atom. The third kappa shape index (κ3) is 3.61. The topological polar surface area (TPSA) is 26.7 Å². The second kappa shape index (κ2) is 5.97. The van der Waals surface area contributed by atoms with Crippen LogP contribution in [0.3, 0.4) is 0 Å². The van der Waals surface area contributed by atoms with Crippen molar-refractivity contribution in [2.75, 3.05) is 26.2 Å². The van der Waals surface area contributed by atoms with Crippen LogP contribution in [0.1, 0.15) is 32.6 Å². The predicted molar refractivity (Wildman–Crippen MR) is 66.9 cm³/mol. The summed E-state index contributed by atoms with van der Waals surface area (Å²) in [7, 11) is 0. The van der Waals surface area contributed by atoms with Crippen molar-refractivity contribution in [1.29, 1.82) is 0 Å². The largest absolute Gasteiger partial charge is 0.403 e. The number of hydrogen-bond acceptors (Lipinski definition) is 3. The molecular weight excluding hydrogens is 257 g/mol. The second-order valence-corrected chi connectivity index (χ2v) is 5.71. The molecule has 0 spiro atoms. The molecule has 3 nitrogen and oxygen atoms in total. The van der Waals surface area contributed by atoms with Gasteiger partial charge in [0.25, 0.3) is 0 Å². The van der Waals surface area contributed by atoms with Crippen molar-refractivity contribution in [2.45, 2.75) is 57.0 Å². The summed E-state index contributed by atoms with van der Waals surface area (Å²) in [4.78, 5) is 3.66. The van der Waals surface area contributed by atoms with Crippen molar-refractivity contribution >= 4 is 0 Å². The van der Waals surface area contributed by atoms with Gasteiger partial charge in [0.2, 0.25) is 0 Å². The molecule has 1 aliphatic carbocycles. The first kappa shape index (κ1) is 15.1. The number of nitrogens with zero attached hydrogens (tertiary/aromatic N) is 2. The van der Waals surface area contributed by atoms with Crippen LogP contribution in [-0.4, -0.2) is 65.4 Å². The van der Waals surface area contributed by atoms with Crippen molar-refractivity contribution in [3.63, 3.8) is 0 Å². The summed E-state index contributed by atoms with van der Waals surface area (Å²) < 4.78 is 38.0. The van der Waals surface area contributed by atoms with Gasteiger partial charge in [-0.1, -0.05) is 12.8 Å². The smallest absolute Gasteiger partial charge is 0.391 e. The highest BCUT2D eigenvalue weighted by molar-refractivity contribution is 4.88. The number of hydrogen-bond donors (Lipinski definition) is 1. The van der Waals surface area contributed by atoms with Crippen LogP contribution in [0.5, 0.6) is 0 Å². The third-order valence-electron chi connectivity index (χ3n) is 4.53. The fourth-order valence-electron chi connectivity index (χ4n) is 3.18. The highest BCUT2D eigenvalue weighted by atomic mass is 19.4. The summed E-state index contributed by atoms with van der Waals surface area (Å²) in [6.07, 6.45) is -0.490. The fourth-order valence-corrected chi connectivity index (χ4v) is 3.18. The molecule has 1 aliphatic heterocycles. The van der Waals surface area contributed by atoms with E-state index in [4.69, 9.17) is 0 Å². The molecule has 2 fully saturated rings. The van der Waals surface area contributed by atoms with E-state index in [1.165, 1.54) is 11.8 Å². The van der Waals surface area contributed by atoms with E-state index < -0.39 is 12.2 Å². The van der Waals surface area contributed by atoms with Crippen LogP contribution >= 0.6 is 0 Å². The molecule has 1 heterocycles. The van der Waals surface area contributed by atoms with E-state index in [1.54, 1.807) is 0 Å². The van der Waals surface area contributed by atoms with E-state index in [0.29, 0.717) is 26.2 Å². The van der Waals surface area contributed by atoms with Crippen LogP contribution in [0.25, 0.3) is 0 Å². The van der Waals surface area contributed by atoms with E-state index in [1.807, 2.05) is 0 Å². The zero-order valence-electron chi connectivity index (χ0n) is 11.4. The van der Waals surface area contributed by atoms with Crippen molar-refractivity contribution in [1.82, 2.24) is 9.80 Å². The van der Waals surface area contributed by atoms with Gasteiger partial charge in [0.05, 0.1) is 6.10 Å². The van der Waals surface area contributed by atoms with Gasteiger partial charge < -0.3 is 5.11 Å². The minimum atomic E-state index is -4.15. The molecule has 0 amide bonds. The van der Waals surface area contributed by atoms with Crippen LogP contribution < -0.4 is 0 Å². The first-order valence-electron chi connectivity index (χ1n) is 7.12. The second-order valence-electron chi connectivity index (χ2n) is 5.71. The molecular formula is C13H23F3N2O. The minimum Gasteiger partial charge on any atom is -0.391 e. The van der Waals surface area contributed by atoms with Crippen molar-refractivity contribution < 1.29 is 18.3 Å². The molecule has 0 unspecified atom stereocenters. The minimum absolute atomic E-state index is 0.150. The SMILES string of the molecule is C[C@H](N1CCN([C@H]2CCCC[C@@H]2O)CC1)C(F)(F)F. The summed E-state index contributed by atoms with van der Waals surface area (Å²) in [5.41, 5.74) is 0. The van der Waals surface area contributed by atoms with Gasteiger partial charge in [0, 0.05) is 32.2 Å². The van der Waals surface area contributed by atoms with E-state index in [9.17, 15) is 18.3 Å². The number of piperazine rings is 1. The number of aliphatic hydroxyl groups excluding tert-OH is 1. The van der Waals surface area contributed by atoms with Crippen LogP contribution in [0.2, 0.25) is 0 Å². The molecule has 0 aromatic rings. The van der Waals surface area contributed by atoms with Gasteiger partial charge in [0.1, 0.15) is 6.04 Å². The molecule has 1 saturated heterocycles. The normalized spacial score (nSPS) is 33.3. The Kier molecular flexibility index (Phi) is 4.74. The maximum absolute atomic E-state index is 12.7.